The summed E-state index contributed by atoms with van der Waals surface area (Å²) >= 11 is 0. The second-order valence-corrected chi connectivity index (χ2v) is 3.93. The van der Waals surface area contributed by atoms with E-state index in [9.17, 15) is 0 Å². The molecule has 0 radical (unpaired) electrons. The van der Waals surface area contributed by atoms with E-state index in [2.05, 4.69) is 36.2 Å². The van der Waals surface area contributed by atoms with E-state index >= 15 is 0 Å². The Bertz CT molecular complexity index is 305. The van der Waals surface area contributed by atoms with Crippen molar-refractivity contribution in [3.8, 4) is 0 Å². The molecule has 0 aliphatic rings. The number of aromatic nitrogens is 2. The standard InChI is InChI=1S/C12H23N2O/c1-5-7-8-14-9-11(10-15-4)13(3)12(14)6-2/h9H,5-8,10H2,1-4H3/q+1. The predicted molar refractivity (Wildman–Crippen MR) is 60.6 cm³/mol. The van der Waals surface area contributed by atoms with Gasteiger partial charge >= 0.3 is 0 Å². The molecule has 1 heterocycles. The molecule has 15 heavy (non-hydrogen) atoms. The molecule has 0 saturated carbocycles. The number of rotatable bonds is 6. The Morgan fingerprint density at radius 2 is 2.13 bits per heavy atom. The lowest BCUT2D eigenvalue weighted by atomic mass is 10.3. The minimum Gasteiger partial charge on any atom is -0.376 e. The first kappa shape index (κ1) is 12.2. The van der Waals surface area contributed by atoms with Gasteiger partial charge in [0.05, 0.1) is 13.6 Å². The summed E-state index contributed by atoms with van der Waals surface area (Å²) in [6.07, 6.45) is 5.78. The molecule has 3 nitrogen and oxygen atoms in total. The van der Waals surface area contributed by atoms with E-state index in [4.69, 9.17) is 4.74 Å². The minimum atomic E-state index is 0.697. The molecule has 0 aliphatic carbocycles. The minimum absolute atomic E-state index is 0.697. The van der Waals surface area contributed by atoms with Gasteiger partial charge in [0, 0.05) is 13.5 Å². The Kier molecular flexibility index (Phi) is 4.82. The number of imidazole rings is 1. The lowest BCUT2D eigenvalue weighted by molar-refractivity contribution is -0.704. The number of hydrogen-bond donors (Lipinski definition) is 0. The van der Waals surface area contributed by atoms with Crippen molar-refractivity contribution < 1.29 is 9.30 Å². The van der Waals surface area contributed by atoms with Crippen molar-refractivity contribution in [1.29, 1.82) is 0 Å². The third kappa shape index (κ3) is 2.81. The van der Waals surface area contributed by atoms with Gasteiger partial charge < -0.3 is 4.74 Å². The van der Waals surface area contributed by atoms with Crippen molar-refractivity contribution in [1.82, 2.24) is 4.57 Å². The van der Waals surface area contributed by atoms with Crippen LogP contribution in [0.2, 0.25) is 0 Å². The van der Waals surface area contributed by atoms with Gasteiger partial charge in [-0.2, -0.15) is 0 Å². The van der Waals surface area contributed by atoms with Gasteiger partial charge in [-0.3, -0.25) is 0 Å². The number of methoxy groups -OCH3 is 1. The van der Waals surface area contributed by atoms with E-state index in [1.165, 1.54) is 24.4 Å². The first-order chi connectivity index (χ1) is 7.24. The van der Waals surface area contributed by atoms with E-state index < -0.39 is 0 Å². The first-order valence-corrected chi connectivity index (χ1v) is 5.80. The van der Waals surface area contributed by atoms with Crippen molar-refractivity contribution >= 4 is 0 Å². The molecule has 0 fully saturated rings. The Labute approximate surface area is 92.7 Å². The Hall–Kier alpha value is -0.830. The molecule has 0 N–H and O–H groups in total. The Morgan fingerprint density at radius 1 is 1.40 bits per heavy atom. The summed E-state index contributed by atoms with van der Waals surface area (Å²) in [6, 6.07) is 0. The van der Waals surface area contributed by atoms with Crippen LogP contribution in [0.3, 0.4) is 0 Å². The predicted octanol–water partition coefficient (Wildman–Crippen LogP) is 1.82. The monoisotopic (exact) mass is 211 g/mol. The van der Waals surface area contributed by atoms with Crippen LogP contribution in [-0.2, 0) is 31.4 Å². The smallest absolute Gasteiger partial charge is 0.256 e. The lowest BCUT2D eigenvalue weighted by Crippen LogP contribution is -2.36. The Balaban J connectivity index is 2.88. The van der Waals surface area contributed by atoms with Gasteiger partial charge in [0.1, 0.15) is 12.8 Å². The molecule has 0 aromatic carbocycles. The maximum atomic E-state index is 5.19. The maximum absolute atomic E-state index is 5.19. The molecule has 1 aromatic heterocycles. The average molecular weight is 211 g/mol. The quantitative estimate of drug-likeness (QED) is 0.656. The van der Waals surface area contributed by atoms with Crippen LogP contribution in [0.4, 0.5) is 0 Å². The van der Waals surface area contributed by atoms with Crippen LogP contribution in [0.1, 0.15) is 38.2 Å². The largest absolute Gasteiger partial charge is 0.376 e. The van der Waals surface area contributed by atoms with Gasteiger partial charge in [0.15, 0.2) is 5.69 Å². The van der Waals surface area contributed by atoms with Gasteiger partial charge in [-0.15, -0.1) is 0 Å². The topological polar surface area (TPSA) is 18.0 Å². The molecular formula is C12H23N2O+. The van der Waals surface area contributed by atoms with E-state index in [0.717, 1.165) is 13.0 Å². The molecular weight excluding hydrogens is 188 g/mol. The van der Waals surface area contributed by atoms with E-state index in [1.807, 2.05) is 0 Å². The third-order valence-electron chi connectivity index (χ3n) is 2.82. The summed E-state index contributed by atoms with van der Waals surface area (Å²) in [4.78, 5) is 0. The van der Waals surface area contributed by atoms with Crippen LogP contribution in [0.5, 0.6) is 0 Å². The molecule has 0 amide bonds. The molecule has 0 aliphatic heterocycles. The molecule has 0 unspecified atom stereocenters. The fourth-order valence-corrected chi connectivity index (χ4v) is 1.94. The first-order valence-electron chi connectivity index (χ1n) is 5.80. The van der Waals surface area contributed by atoms with E-state index in [0.29, 0.717) is 6.61 Å². The van der Waals surface area contributed by atoms with Crippen molar-refractivity contribution in [3.63, 3.8) is 0 Å². The number of hydrogen-bond acceptors (Lipinski definition) is 1. The number of ether oxygens (including phenoxy) is 1. The third-order valence-corrected chi connectivity index (χ3v) is 2.82. The van der Waals surface area contributed by atoms with Crippen LogP contribution >= 0.6 is 0 Å². The fraction of sp³-hybridized carbons (Fsp3) is 0.750. The zero-order chi connectivity index (χ0) is 11.3. The highest BCUT2D eigenvalue weighted by Gasteiger charge is 2.17. The van der Waals surface area contributed by atoms with Crippen molar-refractivity contribution in [2.45, 2.75) is 46.3 Å². The van der Waals surface area contributed by atoms with Gasteiger partial charge in [0.2, 0.25) is 0 Å². The molecule has 1 aromatic rings. The highest BCUT2D eigenvalue weighted by Crippen LogP contribution is 2.04. The number of nitrogens with zero attached hydrogens (tertiary/aromatic N) is 2. The summed E-state index contributed by atoms with van der Waals surface area (Å²) in [5.74, 6) is 1.38. The van der Waals surface area contributed by atoms with Crippen LogP contribution < -0.4 is 4.57 Å². The zero-order valence-corrected chi connectivity index (χ0v) is 10.4. The van der Waals surface area contributed by atoms with Crippen LogP contribution in [0, 0.1) is 0 Å². The summed E-state index contributed by atoms with van der Waals surface area (Å²) in [7, 11) is 3.87. The maximum Gasteiger partial charge on any atom is 0.256 e. The van der Waals surface area contributed by atoms with Crippen LogP contribution in [0.25, 0.3) is 0 Å². The molecule has 0 bridgehead atoms. The van der Waals surface area contributed by atoms with Gasteiger partial charge in [-0.25, -0.2) is 9.13 Å². The zero-order valence-electron chi connectivity index (χ0n) is 10.4. The Morgan fingerprint density at radius 3 is 2.67 bits per heavy atom. The summed E-state index contributed by atoms with van der Waals surface area (Å²) < 4.78 is 9.80. The molecule has 3 heteroatoms. The lowest BCUT2D eigenvalue weighted by Gasteiger charge is -1.99. The molecule has 86 valence electrons. The molecule has 0 spiro atoms. The average Bonchev–Trinajstić information content (AvgIpc) is 2.53. The van der Waals surface area contributed by atoms with Gasteiger partial charge in [0.25, 0.3) is 5.82 Å². The molecule has 1 rings (SSSR count). The second-order valence-electron chi connectivity index (χ2n) is 3.93. The summed E-state index contributed by atoms with van der Waals surface area (Å²) in [5.41, 5.74) is 1.26. The highest BCUT2D eigenvalue weighted by molar-refractivity contribution is 4.97. The fourth-order valence-electron chi connectivity index (χ4n) is 1.94. The van der Waals surface area contributed by atoms with E-state index in [1.54, 1.807) is 7.11 Å². The highest BCUT2D eigenvalue weighted by atomic mass is 16.5. The second kappa shape index (κ2) is 5.91. The SMILES string of the molecule is CCCC[n+]1cc(COC)n(C)c1CC. The summed E-state index contributed by atoms with van der Waals surface area (Å²) in [6.45, 7) is 6.25. The normalized spacial score (nSPS) is 10.9. The summed E-state index contributed by atoms with van der Waals surface area (Å²) in [5, 5.41) is 0. The van der Waals surface area contributed by atoms with Gasteiger partial charge in [-0.05, 0) is 6.42 Å². The number of aryl methyl sites for hydroxylation is 1. The van der Waals surface area contributed by atoms with Gasteiger partial charge in [-0.1, -0.05) is 20.3 Å². The van der Waals surface area contributed by atoms with Crippen LogP contribution in [-0.4, -0.2) is 11.7 Å². The number of unbranched alkanes of at least 4 members (excludes halogenated alkanes) is 1. The van der Waals surface area contributed by atoms with Crippen molar-refractivity contribution in [2.24, 2.45) is 7.05 Å². The molecule has 0 saturated heterocycles. The van der Waals surface area contributed by atoms with E-state index in [-0.39, 0.29) is 0 Å². The molecule has 0 atom stereocenters. The van der Waals surface area contributed by atoms with Crippen molar-refractivity contribution in [2.75, 3.05) is 7.11 Å². The van der Waals surface area contributed by atoms with Crippen molar-refractivity contribution in [3.05, 3.63) is 17.7 Å². The van der Waals surface area contributed by atoms with Crippen LogP contribution in [0.15, 0.2) is 6.20 Å².